The number of rotatable bonds is 6. The Morgan fingerprint density at radius 1 is 0.846 bits per heavy atom. The van der Waals surface area contributed by atoms with E-state index in [9.17, 15) is 0 Å². The molecule has 0 atom stereocenters. The largest absolute Gasteiger partial charge is 0.251 e. The van der Waals surface area contributed by atoms with Crippen LogP contribution in [0.5, 0.6) is 0 Å². The van der Waals surface area contributed by atoms with Crippen molar-refractivity contribution in [1.29, 1.82) is 0 Å². The Kier molecular flexibility index (Phi) is 6.70. The van der Waals surface area contributed by atoms with Gasteiger partial charge in [0.25, 0.3) is 6.69 Å². The van der Waals surface area contributed by atoms with E-state index in [1.807, 2.05) is 0 Å². The lowest BCUT2D eigenvalue weighted by atomic mass is 10.2. The predicted octanol–water partition coefficient (Wildman–Crippen LogP) is 5.00. The van der Waals surface area contributed by atoms with Gasteiger partial charge in [0.1, 0.15) is 0 Å². The van der Waals surface area contributed by atoms with Gasteiger partial charge in [0, 0.05) is 0 Å². The molecule has 13 heavy (non-hydrogen) atoms. The molecule has 0 radical (unpaired) electrons. The highest BCUT2D eigenvalue weighted by Gasteiger charge is 2.27. The average molecular weight is 241 g/mol. The summed E-state index contributed by atoms with van der Waals surface area (Å²) in [5.74, 6) is 1.45. The Morgan fingerprint density at radius 3 is 1.38 bits per heavy atom. The lowest BCUT2D eigenvalue weighted by Crippen LogP contribution is -2.19. The summed E-state index contributed by atoms with van der Waals surface area (Å²) in [7, 11) is 0. The SMILES string of the molecule is CC(C)CC[Si](Cl)(Cl)CCC(C)C. The minimum atomic E-state index is -1.88. The normalized spacial score (nSPS) is 12.9. The molecule has 0 aliphatic carbocycles. The van der Waals surface area contributed by atoms with Gasteiger partial charge in [-0.25, -0.2) is 0 Å². The van der Waals surface area contributed by atoms with Crippen LogP contribution in [0, 0.1) is 11.8 Å². The Labute approximate surface area is 93.4 Å². The number of hydrogen-bond acceptors (Lipinski definition) is 0. The van der Waals surface area contributed by atoms with Crippen LogP contribution in [0.25, 0.3) is 0 Å². The zero-order chi connectivity index (χ0) is 10.5. The lowest BCUT2D eigenvalue weighted by Gasteiger charge is -2.18. The van der Waals surface area contributed by atoms with Gasteiger partial charge in [-0.3, -0.25) is 0 Å². The second-order valence-corrected chi connectivity index (χ2v) is 12.4. The second kappa shape index (κ2) is 6.31. The first-order valence-corrected chi connectivity index (χ1v) is 9.65. The van der Waals surface area contributed by atoms with Gasteiger partial charge in [-0.05, 0) is 23.9 Å². The Hall–Kier alpha value is 0.797. The third-order valence-corrected chi connectivity index (χ3v) is 6.48. The molecule has 0 aromatic heterocycles. The Bertz CT molecular complexity index is 119. The molecule has 0 spiro atoms. The van der Waals surface area contributed by atoms with Crippen LogP contribution in [0.3, 0.4) is 0 Å². The molecule has 0 heterocycles. The summed E-state index contributed by atoms with van der Waals surface area (Å²) in [6.45, 7) is 7.01. The minimum absolute atomic E-state index is 0.725. The summed E-state index contributed by atoms with van der Waals surface area (Å²) < 4.78 is 0. The van der Waals surface area contributed by atoms with Crippen LogP contribution in [-0.2, 0) is 0 Å². The van der Waals surface area contributed by atoms with Crippen molar-refractivity contribution in [3.8, 4) is 0 Å². The number of halogens is 2. The summed E-state index contributed by atoms with van der Waals surface area (Å²) in [4.78, 5) is 0. The van der Waals surface area contributed by atoms with E-state index in [0.29, 0.717) is 0 Å². The van der Waals surface area contributed by atoms with Crippen LogP contribution in [0.1, 0.15) is 40.5 Å². The molecule has 0 aromatic carbocycles. The molecule has 0 bridgehead atoms. The van der Waals surface area contributed by atoms with Crippen molar-refractivity contribution < 1.29 is 0 Å². The minimum Gasteiger partial charge on any atom is -0.146 e. The molecule has 0 rings (SSSR count). The second-order valence-electron chi connectivity index (χ2n) is 4.72. The van der Waals surface area contributed by atoms with Crippen molar-refractivity contribution >= 4 is 28.9 Å². The van der Waals surface area contributed by atoms with Crippen molar-refractivity contribution in [1.82, 2.24) is 0 Å². The van der Waals surface area contributed by atoms with Gasteiger partial charge in [0.2, 0.25) is 0 Å². The third-order valence-electron chi connectivity index (χ3n) is 2.17. The first-order chi connectivity index (χ1) is 5.83. The van der Waals surface area contributed by atoms with E-state index in [1.165, 1.54) is 12.8 Å². The molecule has 0 fully saturated rings. The van der Waals surface area contributed by atoms with Gasteiger partial charge in [-0.2, -0.15) is 0 Å². The van der Waals surface area contributed by atoms with Crippen LogP contribution >= 0.6 is 22.2 Å². The molecule has 0 aromatic rings. The highest BCUT2D eigenvalue weighted by molar-refractivity contribution is 7.45. The highest BCUT2D eigenvalue weighted by Crippen LogP contribution is 2.31. The molecule has 0 amide bonds. The van der Waals surface area contributed by atoms with Crippen molar-refractivity contribution in [3.63, 3.8) is 0 Å². The average Bonchev–Trinajstić information content (AvgIpc) is 1.98. The summed E-state index contributed by atoms with van der Waals surface area (Å²) in [6.07, 6.45) is 2.36. The smallest absolute Gasteiger partial charge is 0.146 e. The van der Waals surface area contributed by atoms with Gasteiger partial charge < -0.3 is 0 Å². The maximum absolute atomic E-state index is 6.33. The molecule has 0 aliphatic heterocycles. The van der Waals surface area contributed by atoms with E-state index >= 15 is 0 Å². The van der Waals surface area contributed by atoms with Crippen molar-refractivity contribution in [2.45, 2.75) is 52.6 Å². The summed E-state index contributed by atoms with van der Waals surface area (Å²) in [6, 6.07) is 2.11. The zero-order valence-electron chi connectivity index (χ0n) is 9.24. The van der Waals surface area contributed by atoms with Crippen molar-refractivity contribution in [2.24, 2.45) is 11.8 Å². The topological polar surface area (TPSA) is 0 Å². The van der Waals surface area contributed by atoms with Crippen LogP contribution in [-0.4, -0.2) is 6.69 Å². The zero-order valence-corrected chi connectivity index (χ0v) is 11.8. The molecule has 0 saturated heterocycles. The van der Waals surface area contributed by atoms with Gasteiger partial charge in [-0.1, -0.05) is 40.5 Å². The van der Waals surface area contributed by atoms with Crippen molar-refractivity contribution in [3.05, 3.63) is 0 Å². The molecule has 0 nitrogen and oxygen atoms in total. The fourth-order valence-corrected chi connectivity index (χ4v) is 4.68. The third kappa shape index (κ3) is 9.11. The van der Waals surface area contributed by atoms with Crippen LogP contribution < -0.4 is 0 Å². The highest BCUT2D eigenvalue weighted by atomic mass is 35.7. The summed E-state index contributed by atoms with van der Waals surface area (Å²) in [5.41, 5.74) is 0. The maximum Gasteiger partial charge on any atom is 0.251 e. The molecular formula is C10H22Cl2Si. The molecular weight excluding hydrogens is 219 g/mol. The summed E-state index contributed by atoms with van der Waals surface area (Å²) in [5, 5.41) is 0. The van der Waals surface area contributed by atoms with Crippen LogP contribution in [0.15, 0.2) is 0 Å². The van der Waals surface area contributed by atoms with Gasteiger partial charge in [-0.15, -0.1) is 22.2 Å². The predicted molar refractivity (Wildman–Crippen MR) is 66.0 cm³/mol. The Morgan fingerprint density at radius 2 is 1.15 bits per heavy atom. The van der Waals surface area contributed by atoms with Gasteiger partial charge in [0.05, 0.1) is 0 Å². The molecule has 0 saturated carbocycles. The van der Waals surface area contributed by atoms with E-state index in [0.717, 1.165) is 23.9 Å². The van der Waals surface area contributed by atoms with E-state index in [2.05, 4.69) is 27.7 Å². The first-order valence-electron chi connectivity index (χ1n) is 5.21. The van der Waals surface area contributed by atoms with E-state index in [4.69, 9.17) is 22.2 Å². The fourth-order valence-electron chi connectivity index (χ4n) is 1.12. The standard InChI is InChI=1S/C10H22Cl2Si/c1-9(2)5-7-13(11,12)8-6-10(3)4/h9-10H,5-8H2,1-4H3. The van der Waals surface area contributed by atoms with E-state index < -0.39 is 6.69 Å². The molecule has 0 unspecified atom stereocenters. The molecule has 0 aliphatic rings. The van der Waals surface area contributed by atoms with Gasteiger partial charge >= 0.3 is 0 Å². The first kappa shape index (κ1) is 13.8. The summed E-state index contributed by atoms with van der Waals surface area (Å²) >= 11 is 12.7. The van der Waals surface area contributed by atoms with E-state index in [1.54, 1.807) is 0 Å². The van der Waals surface area contributed by atoms with Crippen LogP contribution in [0.4, 0.5) is 0 Å². The Balaban J connectivity index is 3.66. The molecule has 3 heteroatoms. The van der Waals surface area contributed by atoms with Crippen molar-refractivity contribution in [2.75, 3.05) is 0 Å². The maximum atomic E-state index is 6.33. The number of hydrogen-bond donors (Lipinski definition) is 0. The lowest BCUT2D eigenvalue weighted by molar-refractivity contribution is 0.608. The fraction of sp³-hybridized carbons (Fsp3) is 1.00. The van der Waals surface area contributed by atoms with Crippen LogP contribution in [0.2, 0.25) is 12.1 Å². The van der Waals surface area contributed by atoms with Gasteiger partial charge in [0.15, 0.2) is 0 Å². The monoisotopic (exact) mass is 240 g/mol. The molecule has 0 N–H and O–H groups in total. The molecule has 80 valence electrons. The quantitative estimate of drug-likeness (QED) is 0.453. The van der Waals surface area contributed by atoms with E-state index in [-0.39, 0.29) is 0 Å².